The van der Waals surface area contributed by atoms with Crippen LogP contribution in [0.3, 0.4) is 0 Å². The molecule has 3 atom stereocenters. The number of hydrogen-bond acceptors (Lipinski definition) is 4. The van der Waals surface area contributed by atoms with Crippen LogP contribution in [0.5, 0.6) is 0 Å². The lowest BCUT2D eigenvalue weighted by atomic mass is 10.2. The SMILES string of the molecule is COCC(C)NC1CC1NC(=O)OC(C)(C)C. The largest absolute Gasteiger partial charge is 0.444 e. The van der Waals surface area contributed by atoms with Gasteiger partial charge in [0.1, 0.15) is 5.60 Å². The van der Waals surface area contributed by atoms with Gasteiger partial charge in [0.25, 0.3) is 0 Å². The fourth-order valence-corrected chi connectivity index (χ4v) is 1.66. The molecule has 1 amide bonds. The van der Waals surface area contributed by atoms with Crippen molar-refractivity contribution in [2.45, 2.75) is 57.8 Å². The van der Waals surface area contributed by atoms with Gasteiger partial charge in [0.05, 0.1) is 6.61 Å². The summed E-state index contributed by atoms with van der Waals surface area (Å²) in [7, 11) is 1.68. The number of rotatable bonds is 5. The van der Waals surface area contributed by atoms with Crippen molar-refractivity contribution in [3.8, 4) is 0 Å². The lowest BCUT2D eigenvalue weighted by Gasteiger charge is -2.20. The number of nitrogens with one attached hydrogen (secondary N) is 2. The fraction of sp³-hybridized carbons (Fsp3) is 0.917. The predicted molar refractivity (Wildman–Crippen MR) is 66.0 cm³/mol. The van der Waals surface area contributed by atoms with Gasteiger partial charge in [0, 0.05) is 25.2 Å². The molecule has 17 heavy (non-hydrogen) atoms. The van der Waals surface area contributed by atoms with Gasteiger partial charge in [-0.15, -0.1) is 0 Å². The zero-order chi connectivity index (χ0) is 13.1. The lowest BCUT2D eigenvalue weighted by Crippen LogP contribution is -2.39. The molecule has 5 heteroatoms. The summed E-state index contributed by atoms with van der Waals surface area (Å²) in [5.41, 5.74) is -0.439. The topological polar surface area (TPSA) is 59.6 Å². The predicted octanol–water partition coefficient (Wildman–Crippen LogP) is 1.28. The summed E-state index contributed by atoms with van der Waals surface area (Å²) in [6.07, 6.45) is 0.610. The Morgan fingerprint density at radius 2 is 2.06 bits per heavy atom. The van der Waals surface area contributed by atoms with Crippen LogP contribution in [0, 0.1) is 0 Å². The Balaban J connectivity index is 2.17. The Morgan fingerprint density at radius 1 is 1.41 bits per heavy atom. The third-order valence-electron chi connectivity index (χ3n) is 2.41. The van der Waals surface area contributed by atoms with Crippen LogP contribution in [-0.2, 0) is 9.47 Å². The number of ether oxygens (including phenoxy) is 2. The van der Waals surface area contributed by atoms with Crippen molar-refractivity contribution in [3.63, 3.8) is 0 Å². The van der Waals surface area contributed by atoms with Crippen LogP contribution < -0.4 is 10.6 Å². The minimum atomic E-state index is -0.439. The molecule has 0 aromatic heterocycles. The van der Waals surface area contributed by atoms with Gasteiger partial charge in [-0.3, -0.25) is 0 Å². The van der Waals surface area contributed by atoms with Crippen molar-refractivity contribution < 1.29 is 14.3 Å². The molecule has 0 aliphatic heterocycles. The molecule has 100 valence electrons. The zero-order valence-electron chi connectivity index (χ0n) is 11.4. The average molecular weight is 244 g/mol. The molecule has 0 bridgehead atoms. The van der Waals surface area contributed by atoms with Crippen LogP contribution in [-0.4, -0.2) is 43.5 Å². The summed E-state index contributed by atoms with van der Waals surface area (Å²) >= 11 is 0. The highest BCUT2D eigenvalue weighted by molar-refractivity contribution is 5.68. The summed E-state index contributed by atoms with van der Waals surface area (Å²) in [4.78, 5) is 11.5. The van der Waals surface area contributed by atoms with Gasteiger partial charge >= 0.3 is 6.09 Å². The van der Waals surface area contributed by atoms with Gasteiger partial charge in [-0.05, 0) is 34.1 Å². The van der Waals surface area contributed by atoms with Crippen molar-refractivity contribution in [2.75, 3.05) is 13.7 Å². The molecule has 3 unspecified atom stereocenters. The summed E-state index contributed by atoms with van der Waals surface area (Å²) in [6.45, 7) is 8.31. The molecule has 0 aromatic rings. The van der Waals surface area contributed by atoms with E-state index in [0.717, 1.165) is 6.42 Å². The molecule has 1 aliphatic rings. The Labute approximate surface area is 103 Å². The van der Waals surface area contributed by atoms with Gasteiger partial charge in [-0.2, -0.15) is 0 Å². The first-order valence-electron chi connectivity index (χ1n) is 6.06. The smallest absolute Gasteiger partial charge is 0.407 e. The Morgan fingerprint density at radius 3 is 2.59 bits per heavy atom. The number of carbonyl (C=O) groups excluding carboxylic acids is 1. The van der Waals surface area contributed by atoms with E-state index in [-0.39, 0.29) is 12.1 Å². The first-order chi connectivity index (χ1) is 7.81. The van der Waals surface area contributed by atoms with Crippen LogP contribution in [0.15, 0.2) is 0 Å². The van der Waals surface area contributed by atoms with Crippen LogP contribution in [0.1, 0.15) is 34.1 Å². The number of carbonyl (C=O) groups is 1. The highest BCUT2D eigenvalue weighted by Gasteiger charge is 2.39. The highest BCUT2D eigenvalue weighted by Crippen LogP contribution is 2.22. The van der Waals surface area contributed by atoms with Gasteiger partial charge in [0.15, 0.2) is 0 Å². The van der Waals surface area contributed by atoms with Crippen LogP contribution in [0.2, 0.25) is 0 Å². The van der Waals surface area contributed by atoms with E-state index >= 15 is 0 Å². The number of alkyl carbamates (subject to hydrolysis) is 1. The Hall–Kier alpha value is -0.810. The van der Waals surface area contributed by atoms with Crippen molar-refractivity contribution in [3.05, 3.63) is 0 Å². The van der Waals surface area contributed by atoms with Gasteiger partial charge < -0.3 is 20.1 Å². The Kier molecular flexibility index (Phi) is 4.77. The molecule has 1 saturated carbocycles. The maximum absolute atomic E-state index is 11.5. The van der Waals surface area contributed by atoms with Crippen molar-refractivity contribution >= 4 is 6.09 Å². The van der Waals surface area contributed by atoms with Crippen LogP contribution >= 0.6 is 0 Å². The van der Waals surface area contributed by atoms with Crippen molar-refractivity contribution in [1.29, 1.82) is 0 Å². The van der Waals surface area contributed by atoms with E-state index in [2.05, 4.69) is 17.6 Å². The summed E-state index contributed by atoms with van der Waals surface area (Å²) in [5.74, 6) is 0. The minimum Gasteiger partial charge on any atom is -0.444 e. The maximum Gasteiger partial charge on any atom is 0.407 e. The van der Waals surface area contributed by atoms with Gasteiger partial charge in [-0.25, -0.2) is 4.79 Å². The second-order valence-corrected chi connectivity index (χ2v) is 5.62. The molecule has 0 heterocycles. The van der Waals surface area contributed by atoms with E-state index < -0.39 is 5.60 Å². The van der Waals surface area contributed by atoms with E-state index in [4.69, 9.17) is 9.47 Å². The first kappa shape index (κ1) is 14.3. The van der Waals surface area contributed by atoms with E-state index in [1.165, 1.54) is 0 Å². The van der Waals surface area contributed by atoms with Crippen molar-refractivity contribution in [1.82, 2.24) is 10.6 Å². The normalized spacial score (nSPS) is 25.2. The van der Waals surface area contributed by atoms with E-state index in [0.29, 0.717) is 18.7 Å². The molecule has 0 saturated heterocycles. The number of hydrogen-bond donors (Lipinski definition) is 2. The Bertz CT molecular complexity index is 263. The van der Waals surface area contributed by atoms with E-state index in [1.54, 1.807) is 7.11 Å². The van der Waals surface area contributed by atoms with Crippen LogP contribution in [0.25, 0.3) is 0 Å². The molecule has 0 spiro atoms. The quantitative estimate of drug-likeness (QED) is 0.765. The van der Waals surface area contributed by atoms with E-state index in [1.807, 2.05) is 20.8 Å². The maximum atomic E-state index is 11.5. The molecule has 0 radical (unpaired) electrons. The molecule has 1 fully saturated rings. The minimum absolute atomic E-state index is 0.184. The molecular weight excluding hydrogens is 220 g/mol. The van der Waals surface area contributed by atoms with Gasteiger partial charge in [0.2, 0.25) is 0 Å². The van der Waals surface area contributed by atoms with Gasteiger partial charge in [-0.1, -0.05) is 0 Å². The molecule has 2 N–H and O–H groups in total. The lowest BCUT2D eigenvalue weighted by molar-refractivity contribution is 0.0521. The molecule has 1 rings (SSSR count). The fourth-order valence-electron chi connectivity index (χ4n) is 1.66. The number of amides is 1. The second-order valence-electron chi connectivity index (χ2n) is 5.62. The molecular formula is C12H24N2O3. The zero-order valence-corrected chi connectivity index (χ0v) is 11.4. The third-order valence-corrected chi connectivity index (χ3v) is 2.41. The average Bonchev–Trinajstić information content (AvgIpc) is 2.79. The monoisotopic (exact) mass is 244 g/mol. The van der Waals surface area contributed by atoms with Crippen molar-refractivity contribution in [2.24, 2.45) is 0 Å². The summed E-state index contributed by atoms with van der Waals surface area (Å²) in [5, 5.41) is 6.22. The van der Waals surface area contributed by atoms with E-state index in [9.17, 15) is 4.79 Å². The molecule has 0 aromatic carbocycles. The summed E-state index contributed by atoms with van der Waals surface area (Å²) < 4.78 is 10.2. The summed E-state index contributed by atoms with van der Waals surface area (Å²) in [6, 6.07) is 0.826. The molecule has 1 aliphatic carbocycles. The first-order valence-corrected chi connectivity index (χ1v) is 6.06. The third kappa shape index (κ3) is 5.89. The number of methoxy groups -OCH3 is 1. The highest BCUT2D eigenvalue weighted by atomic mass is 16.6. The van der Waals surface area contributed by atoms with Crippen LogP contribution in [0.4, 0.5) is 4.79 Å². The standard InChI is InChI=1S/C12H24N2O3/c1-8(7-16-5)13-9-6-10(9)14-11(15)17-12(2,3)4/h8-10,13H,6-7H2,1-5H3,(H,14,15). The second kappa shape index (κ2) is 5.69. The molecule has 5 nitrogen and oxygen atoms in total.